The molecule has 5 nitrogen and oxygen atoms in total. The molecule has 2 heterocycles. The van der Waals surface area contributed by atoms with E-state index in [0.29, 0.717) is 17.1 Å². The third-order valence-corrected chi connectivity index (χ3v) is 1.79. The molecular weight excluding hydrogens is 180 g/mol. The lowest BCUT2D eigenvalue weighted by atomic mass is 10.2. The molecule has 0 fully saturated rings. The largest absolute Gasteiger partial charge is 0.293 e. The highest BCUT2D eigenvalue weighted by Crippen LogP contribution is 2.16. The third kappa shape index (κ3) is 1.39. The van der Waals surface area contributed by atoms with Crippen LogP contribution in [0.5, 0.6) is 0 Å². The van der Waals surface area contributed by atoms with E-state index < -0.39 is 0 Å². The Morgan fingerprint density at radius 1 is 1.36 bits per heavy atom. The zero-order chi connectivity index (χ0) is 9.97. The summed E-state index contributed by atoms with van der Waals surface area (Å²) in [7, 11) is 0. The number of carbonyl (C=O) groups is 1. The normalized spacial score (nSPS) is 10.1. The van der Waals surface area contributed by atoms with Crippen LogP contribution in [-0.4, -0.2) is 26.2 Å². The first-order valence-electron chi connectivity index (χ1n) is 4.12. The molecule has 0 saturated carbocycles. The fraction of sp³-hybridized carbons (Fsp3) is 0.111. The molecule has 0 saturated heterocycles. The first kappa shape index (κ1) is 8.55. The van der Waals surface area contributed by atoms with Gasteiger partial charge < -0.3 is 0 Å². The van der Waals surface area contributed by atoms with E-state index in [1.165, 1.54) is 6.92 Å². The standard InChI is InChI=1S/C9H8N4O/c1-6(14)8-9(12-13-11-8)7-4-2-3-5-10-7/h2-5H,1H3,(H,11,12,13). The highest BCUT2D eigenvalue weighted by molar-refractivity contribution is 5.97. The lowest BCUT2D eigenvalue weighted by Gasteiger charge is -1.95. The Hall–Kier alpha value is -2.04. The highest BCUT2D eigenvalue weighted by atomic mass is 16.1. The van der Waals surface area contributed by atoms with Crippen molar-refractivity contribution in [1.29, 1.82) is 0 Å². The minimum Gasteiger partial charge on any atom is -0.293 e. The summed E-state index contributed by atoms with van der Waals surface area (Å²) in [6.45, 7) is 1.45. The van der Waals surface area contributed by atoms with Crippen LogP contribution >= 0.6 is 0 Å². The highest BCUT2D eigenvalue weighted by Gasteiger charge is 2.14. The summed E-state index contributed by atoms with van der Waals surface area (Å²) in [5, 5.41) is 10.1. The van der Waals surface area contributed by atoms with Gasteiger partial charge in [0.25, 0.3) is 0 Å². The van der Waals surface area contributed by atoms with Crippen molar-refractivity contribution in [2.45, 2.75) is 6.92 Å². The van der Waals surface area contributed by atoms with Crippen LogP contribution in [0.3, 0.4) is 0 Å². The number of H-pyrrole nitrogens is 1. The second-order valence-electron chi connectivity index (χ2n) is 2.79. The summed E-state index contributed by atoms with van der Waals surface area (Å²) < 4.78 is 0. The van der Waals surface area contributed by atoms with Gasteiger partial charge >= 0.3 is 0 Å². The molecule has 0 aliphatic carbocycles. The Labute approximate surface area is 80.2 Å². The Kier molecular flexibility index (Phi) is 2.06. The molecule has 5 heteroatoms. The van der Waals surface area contributed by atoms with Gasteiger partial charge in [-0.25, -0.2) is 0 Å². The van der Waals surface area contributed by atoms with Crippen molar-refractivity contribution < 1.29 is 4.79 Å². The van der Waals surface area contributed by atoms with Crippen LogP contribution in [0.1, 0.15) is 17.4 Å². The summed E-state index contributed by atoms with van der Waals surface area (Å²) in [6, 6.07) is 5.42. The van der Waals surface area contributed by atoms with Gasteiger partial charge in [-0.2, -0.15) is 15.4 Å². The first-order chi connectivity index (χ1) is 6.79. The molecule has 0 bridgehead atoms. The van der Waals surface area contributed by atoms with E-state index in [1.807, 2.05) is 6.07 Å². The van der Waals surface area contributed by atoms with Gasteiger partial charge in [0.2, 0.25) is 0 Å². The van der Waals surface area contributed by atoms with Gasteiger partial charge in [0.15, 0.2) is 11.5 Å². The van der Waals surface area contributed by atoms with Crippen molar-refractivity contribution in [2.24, 2.45) is 0 Å². The summed E-state index contributed by atoms with van der Waals surface area (Å²) >= 11 is 0. The molecule has 2 aromatic heterocycles. The van der Waals surface area contributed by atoms with Crippen molar-refractivity contribution in [3.05, 3.63) is 30.1 Å². The van der Waals surface area contributed by atoms with E-state index in [2.05, 4.69) is 20.4 Å². The van der Waals surface area contributed by atoms with Crippen molar-refractivity contribution >= 4 is 5.78 Å². The summed E-state index contributed by atoms with van der Waals surface area (Å²) in [6.07, 6.45) is 1.65. The van der Waals surface area contributed by atoms with E-state index in [9.17, 15) is 4.79 Å². The van der Waals surface area contributed by atoms with Crippen LogP contribution < -0.4 is 0 Å². The monoisotopic (exact) mass is 188 g/mol. The molecule has 70 valence electrons. The Morgan fingerprint density at radius 3 is 2.86 bits per heavy atom. The Bertz CT molecular complexity index is 449. The van der Waals surface area contributed by atoms with Gasteiger partial charge in [-0.05, 0) is 12.1 Å². The van der Waals surface area contributed by atoms with E-state index in [-0.39, 0.29) is 5.78 Å². The summed E-state index contributed by atoms with van der Waals surface area (Å²) in [5.41, 5.74) is 1.47. The molecule has 0 aromatic carbocycles. The first-order valence-corrected chi connectivity index (χ1v) is 4.12. The quantitative estimate of drug-likeness (QED) is 0.715. The number of aromatic amines is 1. The number of carbonyl (C=O) groups excluding carboxylic acids is 1. The summed E-state index contributed by atoms with van der Waals surface area (Å²) in [4.78, 5) is 15.2. The van der Waals surface area contributed by atoms with Gasteiger partial charge in [0, 0.05) is 13.1 Å². The van der Waals surface area contributed by atoms with E-state index in [4.69, 9.17) is 0 Å². The second-order valence-corrected chi connectivity index (χ2v) is 2.79. The van der Waals surface area contributed by atoms with Crippen LogP contribution in [0.25, 0.3) is 11.4 Å². The predicted molar refractivity (Wildman–Crippen MR) is 49.6 cm³/mol. The number of rotatable bonds is 2. The van der Waals surface area contributed by atoms with Gasteiger partial charge in [-0.15, -0.1) is 0 Å². The predicted octanol–water partition coefficient (Wildman–Crippen LogP) is 1.07. The van der Waals surface area contributed by atoms with Crippen molar-refractivity contribution in [3.8, 4) is 11.4 Å². The van der Waals surface area contributed by atoms with Gasteiger partial charge in [-0.3, -0.25) is 9.78 Å². The summed E-state index contributed by atoms with van der Waals surface area (Å²) in [5.74, 6) is -0.126. The number of hydrogen-bond acceptors (Lipinski definition) is 4. The maximum Gasteiger partial charge on any atom is 0.182 e. The third-order valence-electron chi connectivity index (χ3n) is 1.79. The van der Waals surface area contributed by atoms with Crippen LogP contribution in [0.15, 0.2) is 24.4 Å². The molecule has 0 spiro atoms. The van der Waals surface area contributed by atoms with E-state index in [1.54, 1.807) is 18.3 Å². The van der Waals surface area contributed by atoms with Crippen LogP contribution in [0.4, 0.5) is 0 Å². The van der Waals surface area contributed by atoms with Crippen LogP contribution in [0, 0.1) is 0 Å². The van der Waals surface area contributed by atoms with Crippen LogP contribution in [-0.2, 0) is 0 Å². The fourth-order valence-electron chi connectivity index (χ4n) is 1.16. The molecule has 1 N–H and O–H groups in total. The number of aromatic nitrogens is 4. The number of nitrogens with one attached hydrogen (secondary N) is 1. The van der Waals surface area contributed by atoms with Gasteiger partial charge in [-0.1, -0.05) is 6.07 Å². The minimum atomic E-state index is -0.126. The molecule has 0 amide bonds. The molecule has 0 aliphatic heterocycles. The number of nitrogens with zero attached hydrogens (tertiary/aromatic N) is 3. The smallest absolute Gasteiger partial charge is 0.182 e. The lowest BCUT2D eigenvalue weighted by Crippen LogP contribution is -1.96. The molecule has 0 radical (unpaired) electrons. The number of pyridine rings is 1. The molecule has 0 aliphatic rings. The fourth-order valence-corrected chi connectivity index (χ4v) is 1.16. The van der Waals surface area contributed by atoms with E-state index in [0.717, 1.165) is 0 Å². The second kappa shape index (κ2) is 3.37. The molecule has 0 atom stereocenters. The maximum absolute atomic E-state index is 11.2. The van der Waals surface area contributed by atoms with Gasteiger partial charge in [0.1, 0.15) is 5.69 Å². The average molecular weight is 188 g/mol. The van der Waals surface area contributed by atoms with Gasteiger partial charge in [0.05, 0.1) is 5.69 Å². The SMILES string of the molecule is CC(=O)c1n[nH]nc1-c1ccccn1. The Balaban J connectivity index is 2.52. The number of Topliss-reactive ketones (excluding diaryl/α,β-unsaturated/α-hetero) is 1. The van der Waals surface area contributed by atoms with E-state index >= 15 is 0 Å². The van der Waals surface area contributed by atoms with Crippen molar-refractivity contribution in [1.82, 2.24) is 20.4 Å². The molecule has 14 heavy (non-hydrogen) atoms. The Morgan fingerprint density at radius 2 is 2.21 bits per heavy atom. The van der Waals surface area contributed by atoms with Crippen LogP contribution in [0.2, 0.25) is 0 Å². The molecule has 2 rings (SSSR count). The number of hydrogen-bond donors (Lipinski definition) is 1. The zero-order valence-electron chi connectivity index (χ0n) is 7.56. The topological polar surface area (TPSA) is 71.5 Å². The zero-order valence-corrected chi connectivity index (χ0v) is 7.56. The van der Waals surface area contributed by atoms with Crippen molar-refractivity contribution in [3.63, 3.8) is 0 Å². The molecular formula is C9H8N4O. The molecule has 2 aromatic rings. The van der Waals surface area contributed by atoms with Crippen molar-refractivity contribution in [2.75, 3.05) is 0 Å². The lowest BCUT2D eigenvalue weighted by molar-refractivity contribution is 0.101. The minimum absolute atomic E-state index is 0.126. The average Bonchev–Trinajstić information content (AvgIpc) is 2.67. The maximum atomic E-state index is 11.2. The number of ketones is 1. The molecule has 0 unspecified atom stereocenters.